The molecule has 0 heterocycles. The highest BCUT2D eigenvalue weighted by atomic mass is 127. The molecule has 2 aromatic rings. The van der Waals surface area contributed by atoms with Gasteiger partial charge >= 0.3 is 0 Å². The molecule has 0 aliphatic rings. The second-order valence-corrected chi connectivity index (χ2v) is 5.41. The molecule has 0 bridgehead atoms. The fraction of sp³-hybridized carbons (Fsp3) is 0.143. The van der Waals surface area contributed by atoms with Crippen LogP contribution in [0, 0.1) is 10.5 Å². The van der Waals surface area contributed by atoms with Gasteiger partial charge in [-0.05, 0) is 70.5 Å². The van der Waals surface area contributed by atoms with E-state index in [2.05, 4.69) is 47.7 Å². The molecule has 0 radical (unpaired) electrons. The Morgan fingerprint density at radius 1 is 1.18 bits per heavy atom. The standard InChI is InChI=1S/C14H12ClIO/c1-9-6-13(16)14(17-2)8-12(9)10-4-3-5-11(15)7-10/h3-8H,1-2H3. The van der Waals surface area contributed by atoms with Crippen molar-refractivity contribution in [3.05, 3.63) is 50.6 Å². The molecule has 0 spiro atoms. The molecule has 0 atom stereocenters. The summed E-state index contributed by atoms with van der Waals surface area (Å²) in [4.78, 5) is 0. The molecule has 0 fully saturated rings. The van der Waals surface area contributed by atoms with Crippen molar-refractivity contribution in [1.82, 2.24) is 0 Å². The zero-order chi connectivity index (χ0) is 12.4. The maximum absolute atomic E-state index is 6.02. The highest BCUT2D eigenvalue weighted by Crippen LogP contribution is 2.32. The molecule has 88 valence electrons. The van der Waals surface area contributed by atoms with Crippen LogP contribution in [0.5, 0.6) is 5.75 Å². The number of halogens is 2. The molecule has 2 rings (SSSR count). The van der Waals surface area contributed by atoms with Crippen molar-refractivity contribution in [2.45, 2.75) is 6.92 Å². The number of hydrogen-bond acceptors (Lipinski definition) is 1. The van der Waals surface area contributed by atoms with E-state index in [1.165, 1.54) is 5.56 Å². The minimum absolute atomic E-state index is 0.749. The molecule has 0 unspecified atom stereocenters. The van der Waals surface area contributed by atoms with Gasteiger partial charge in [0.05, 0.1) is 10.7 Å². The van der Waals surface area contributed by atoms with Crippen LogP contribution in [-0.4, -0.2) is 7.11 Å². The van der Waals surface area contributed by atoms with Crippen LogP contribution in [0.15, 0.2) is 36.4 Å². The first kappa shape index (κ1) is 12.7. The molecule has 0 aliphatic heterocycles. The highest BCUT2D eigenvalue weighted by molar-refractivity contribution is 14.1. The molecule has 0 aliphatic carbocycles. The van der Waals surface area contributed by atoms with E-state index in [1.54, 1.807) is 7.11 Å². The number of methoxy groups -OCH3 is 1. The molecular weight excluding hydrogens is 347 g/mol. The minimum Gasteiger partial charge on any atom is -0.496 e. The Kier molecular flexibility index (Phi) is 3.94. The third-order valence-electron chi connectivity index (χ3n) is 2.63. The molecule has 17 heavy (non-hydrogen) atoms. The summed E-state index contributed by atoms with van der Waals surface area (Å²) in [5.74, 6) is 0.895. The summed E-state index contributed by atoms with van der Waals surface area (Å²) >= 11 is 8.30. The van der Waals surface area contributed by atoms with E-state index in [9.17, 15) is 0 Å². The summed E-state index contributed by atoms with van der Waals surface area (Å²) in [6.45, 7) is 2.10. The van der Waals surface area contributed by atoms with Crippen LogP contribution in [-0.2, 0) is 0 Å². The number of rotatable bonds is 2. The maximum Gasteiger partial charge on any atom is 0.132 e. The molecule has 1 nitrogen and oxygen atoms in total. The van der Waals surface area contributed by atoms with Gasteiger partial charge in [-0.25, -0.2) is 0 Å². The zero-order valence-corrected chi connectivity index (χ0v) is 12.5. The average molecular weight is 359 g/mol. The predicted molar refractivity (Wildman–Crippen MR) is 80.9 cm³/mol. The first-order valence-electron chi connectivity index (χ1n) is 5.22. The second kappa shape index (κ2) is 5.27. The van der Waals surface area contributed by atoms with Crippen molar-refractivity contribution >= 4 is 34.2 Å². The molecule has 2 aromatic carbocycles. The summed E-state index contributed by atoms with van der Waals surface area (Å²) in [6, 6.07) is 12.0. The van der Waals surface area contributed by atoms with Crippen molar-refractivity contribution in [2.24, 2.45) is 0 Å². The molecular formula is C14H12ClIO. The van der Waals surface area contributed by atoms with Gasteiger partial charge in [-0.15, -0.1) is 0 Å². The van der Waals surface area contributed by atoms with Crippen molar-refractivity contribution in [1.29, 1.82) is 0 Å². The lowest BCUT2D eigenvalue weighted by atomic mass is 10.0. The van der Waals surface area contributed by atoms with E-state index in [0.29, 0.717) is 0 Å². The average Bonchev–Trinajstić information content (AvgIpc) is 2.29. The number of ether oxygens (including phenoxy) is 1. The fourth-order valence-corrected chi connectivity index (χ4v) is 2.81. The summed E-state index contributed by atoms with van der Waals surface area (Å²) in [7, 11) is 1.69. The topological polar surface area (TPSA) is 9.23 Å². The van der Waals surface area contributed by atoms with Crippen molar-refractivity contribution < 1.29 is 4.74 Å². The van der Waals surface area contributed by atoms with Gasteiger partial charge in [0, 0.05) is 5.02 Å². The van der Waals surface area contributed by atoms with Gasteiger partial charge in [0.1, 0.15) is 5.75 Å². The lowest BCUT2D eigenvalue weighted by molar-refractivity contribution is 0.412. The molecule has 0 aromatic heterocycles. The van der Waals surface area contributed by atoms with Crippen molar-refractivity contribution in [2.75, 3.05) is 7.11 Å². The Morgan fingerprint density at radius 2 is 1.94 bits per heavy atom. The Bertz CT molecular complexity index is 552. The molecule has 3 heteroatoms. The van der Waals surface area contributed by atoms with Crippen LogP contribution in [0.4, 0.5) is 0 Å². The smallest absolute Gasteiger partial charge is 0.132 e. The lowest BCUT2D eigenvalue weighted by Gasteiger charge is -2.11. The first-order valence-corrected chi connectivity index (χ1v) is 6.67. The van der Waals surface area contributed by atoms with Gasteiger partial charge in [-0.1, -0.05) is 23.7 Å². The zero-order valence-electron chi connectivity index (χ0n) is 9.63. The van der Waals surface area contributed by atoms with Crippen LogP contribution in [0.2, 0.25) is 5.02 Å². The normalized spacial score (nSPS) is 10.4. The monoisotopic (exact) mass is 358 g/mol. The van der Waals surface area contributed by atoms with E-state index < -0.39 is 0 Å². The van der Waals surface area contributed by atoms with Gasteiger partial charge < -0.3 is 4.74 Å². The van der Waals surface area contributed by atoms with Gasteiger partial charge in [-0.3, -0.25) is 0 Å². The Morgan fingerprint density at radius 3 is 2.59 bits per heavy atom. The van der Waals surface area contributed by atoms with Crippen molar-refractivity contribution in [3.63, 3.8) is 0 Å². The van der Waals surface area contributed by atoms with Crippen LogP contribution < -0.4 is 4.74 Å². The SMILES string of the molecule is COc1cc(-c2cccc(Cl)c2)c(C)cc1I. The highest BCUT2D eigenvalue weighted by Gasteiger charge is 2.08. The molecule has 0 N–H and O–H groups in total. The van der Waals surface area contributed by atoms with Gasteiger partial charge in [-0.2, -0.15) is 0 Å². The fourth-order valence-electron chi connectivity index (χ4n) is 1.78. The molecule has 0 saturated carbocycles. The van der Waals surface area contributed by atoms with Crippen LogP contribution in [0.1, 0.15) is 5.56 Å². The number of aryl methyl sites for hydroxylation is 1. The second-order valence-electron chi connectivity index (χ2n) is 3.81. The number of hydrogen-bond donors (Lipinski definition) is 0. The van der Waals surface area contributed by atoms with E-state index in [1.807, 2.05) is 18.2 Å². The largest absolute Gasteiger partial charge is 0.496 e. The third-order valence-corrected chi connectivity index (χ3v) is 3.71. The van der Waals surface area contributed by atoms with E-state index >= 15 is 0 Å². The van der Waals surface area contributed by atoms with Gasteiger partial charge in [0.2, 0.25) is 0 Å². The predicted octanol–water partition coefficient (Wildman–Crippen LogP) is 4.93. The van der Waals surface area contributed by atoms with Crippen LogP contribution in [0.25, 0.3) is 11.1 Å². The van der Waals surface area contributed by atoms with Crippen LogP contribution in [0.3, 0.4) is 0 Å². The number of benzene rings is 2. The lowest BCUT2D eigenvalue weighted by Crippen LogP contribution is -1.91. The summed E-state index contributed by atoms with van der Waals surface area (Å²) in [6.07, 6.45) is 0. The molecule has 0 saturated heterocycles. The van der Waals surface area contributed by atoms with E-state index in [0.717, 1.165) is 25.5 Å². The van der Waals surface area contributed by atoms with Crippen molar-refractivity contribution in [3.8, 4) is 16.9 Å². The van der Waals surface area contributed by atoms with E-state index in [4.69, 9.17) is 16.3 Å². The first-order chi connectivity index (χ1) is 8.11. The van der Waals surface area contributed by atoms with Crippen LogP contribution >= 0.6 is 34.2 Å². The molecule has 0 amide bonds. The summed E-state index contributed by atoms with van der Waals surface area (Å²) < 4.78 is 6.47. The minimum atomic E-state index is 0.749. The Labute approximate surface area is 120 Å². The third kappa shape index (κ3) is 2.75. The quantitative estimate of drug-likeness (QED) is 0.692. The van der Waals surface area contributed by atoms with Gasteiger partial charge in [0.15, 0.2) is 0 Å². The van der Waals surface area contributed by atoms with Gasteiger partial charge in [0.25, 0.3) is 0 Å². The Hall–Kier alpha value is -0.740. The maximum atomic E-state index is 6.02. The summed E-state index contributed by atoms with van der Waals surface area (Å²) in [5.41, 5.74) is 3.49. The Balaban J connectivity index is 2.59. The summed E-state index contributed by atoms with van der Waals surface area (Å²) in [5, 5.41) is 0.749. The van der Waals surface area contributed by atoms with E-state index in [-0.39, 0.29) is 0 Å².